The molecule has 2 aliphatic carbocycles. The summed E-state index contributed by atoms with van der Waals surface area (Å²) >= 11 is 0. The molecule has 0 heterocycles. The van der Waals surface area contributed by atoms with Crippen molar-refractivity contribution in [1.29, 1.82) is 0 Å². The molecule has 2 aliphatic rings. The number of rotatable bonds is 7. The molecule has 162 valence electrons. The molecule has 31 heavy (non-hydrogen) atoms. The van der Waals surface area contributed by atoms with E-state index in [1.54, 1.807) is 6.92 Å². The number of hydrogen-bond donors (Lipinski definition) is 3. The number of nitrogens with one attached hydrogen (secondary N) is 2. The average molecular weight is 422 g/mol. The van der Waals surface area contributed by atoms with E-state index in [1.807, 2.05) is 36.4 Å². The topological polar surface area (TPSA) is 105 Å². The highest BCUT2D eigenvalue weighted by atomic mass is 16.5. The zero-order valence-electron chi connectivity index (χ0n) is 17.4. The minimum atomic E-state index is -1.21. The van der Waals surface area contributed by atoms with Crippen molar-refractivity contribution >= 4 is 18.0 Å². The van der Waals surface area contributed by atoms with Gasteiger partial charge >= 0.3 is 12.1 Å². The van der Waals surface area contributed by atoms with E-state index in [1.165, 1.54) is 0 Å². The molecule has 0 bridgehead atoms. The van der Waals surface area contributed by atoms with Crippen molar-refractivity contribution in [3.05, 3.63) is 59.7 Å². The zero-order valence-corrected chi connectivity index (χ0v) is 17.4. The van der Waals surface area contributed by atoms with Crippen LogP contribution in [-0.4, -0.2) is 41.3 Å². The molecule has 7 heteroatoms. The van der Waals surface area contributed by atoms with Crippen molar-refractivity contribution < 1.29 is 24.2 Å². The molecule has 2 aromatic carbocycles. The Balaban J connectivity index is 1.39. The monoisotopic (exact) mass is 422 g/mol. The van der Waals surface area contributed by atoms with Gasteiger partial charge in [-0.2, -0.15) is 0 Å². The molecule has 3 N–H and O–H groups in total. The van der Waals surface area contributed by atoms with Gasteiger partial charge in [0.05, 0.1) is 0 Å². The van der Waals surface area contributed by atoms with E-state index < -0.39 is 29.6 Å². The van der Waals surface area contributed by atoms with E-state index in [0.717, 1.165) is 28.7 Å². The SMILES string of the molecule is CCC(NC(=O)OCC1c2ccccc2-c2ccccc21)C(=O)NC1(C(=O)O)CCC1. The first-order valence-electron chi connectivity index (χ1n) is 10.6. The lowest BCUT2D eigenvalue weighted by molar-refractivity contribution is -0.152. The van der Waals surface area contributed by atoms with Crippen LogP contribution in [0.1, 0.15) is 49.7 Å². The number of ether oxygens (including phenoxy) is 1. The Labute approximate surface area is 180 Å². The van der Waals surface area contributed by atoms with E-state index >= 15 is 0 Å². The summed E-state index contributed by atoms with van der Waals surface area (Å²) in [7, 11) is 0. The number of fused-ring (bicyclic) bond motifs is 3. The number of carboxylic acid groups (broad SMARTS) is 1. The second-order valence-electron chi connectivity index (χ2n) is 8.16. The summed E-state index contributed by atoms with van der Waals surface area (Å²) in [6.45, 7) is 1.90. The number of carbonyl (C=O) groups is 3. The molecule has 1 atom stereocenters. The van der Waals surface area contributed by atoms with Crippen LogP contribution in [0.15, 0.2) is 48.5 Å². The molecule has 0 spiro atoms. The van der Waals surface area contributed by atoms with Gasteiger partial charge < -0.3 is 20.5 Å². The van der Waals surface area contributed by atoms with Crippen LogP contribution in [0.2, 0.25) is 0 Å². The fourth-order valence-electron chi connectivity index (χ4n) is 4.38. The Morgan fingerprint density at radius 3 is 2.13 bits per heavy atom. The first-order chi connectivity index (χ1) is 14.9. The Kier molecular flexibility index (Phi) is 5.67. The van der Waals surface area contributed by atoms with Crippen molar-refractivity contribution in [3.8, 4) is 11.1 Å². The number of benzene rings is 2. The molecule has 0 aliphatic heterocycles. The predicted octanol–water partition coefficient (Wildman–Crippen LogP) is 3.43. The Morgan fingerprint density at radius 1 is 1.06 bits per heavy atom. The average Bonchev–Trinajstić information content (AvgIpc) is 3.06. The fourth-order valence-corrected chi connectivity index (χ4v) is 4.38. The van der Waals surface area contributed by atoms with Gasteiger partial charge in [-0.05, 0) is 47.9 Å². The van der Waals surface area contributed by atoms with E-state index in [4.69, 9.17) is 4.74 Å². The van der Waals surface area contributed by atoms with Gasteiger partial charge in [0, 0.05) is 5.92 Å². The summed E-state index contributed by atoms with van der Waals surface area (Å²) in [6.07, 6.45) is 1.18. The Hall–Kier alpha value is -3.35. The molecule has 0 saturated heterocycles. The minimum Gasteiger partial charge on any atom is -0.480 e. The van der Waals surface area contributed by atoms with Crippen LogP contribution in [0.25, 0.3) is 11.1 Å². The van der Waals surface area contributed by atoms with Gasteiger partial charge in [-0.1, -0.05) is 55.5 Å². The molecule has 2 aromatic rings. The maximum atomic E-state index is 12.6. The third kappa shape index (κ3) is 3.87. The molecule has 1 saturated carbocycles. The lowest BCUT2D eigenvalue weighted by atomic mass is 9.76. The van der Waals surface area contributed by atoms with E-state index in [9.17, 15) is 19.5 Å². The van der Waals surface area contributed by atoms with Crippen molar-refractivity contribution in [2.45, 2.75) is 50.1 Å². The Bertz CT molecular complexity index is 969. The number of alkyl carbamates (subject to hydrolysis) is 1. The third-order valence-electron chi connectivity index (χ3n) is 6.34. The second-order valence-corrected chi connectivity index (χ2v) is 8.16. The van der Waals surface area contributed by atoms with Crippen LogP contribution >= 0.6 is 0 Å². The molecule has 0 radical (unpaired) electrons. The molecule has 1 unspecified atom stereocenters. The van der Waals surface area contributed by atoms with Gasteiger partial charge in [-0.3, -0.25) is 4.79 Å². The zero-order chi connectivity index (χ0) is 22.0. The van der Waals surface area contributed by atoms with E-state index in [2.05, 4.69) is 22.8 Å². The maximum Gasteiger partial charge on any atom is 0.407 e. The second kappa shape index (κ2) is 8.41. The summed E-state index contributed by atoms with van der Waals surface area (Å²) in [6, 6.07) is 15.2. The van der Waals surface area contributed by atoms with Crippen molar-refractivity contribution in [3.63, 3.8) is 0 Å². The van der Waals surface area contributed by atoms with Crippen molar-refractivity contribution in [1.82, 2.24) is 10.6 Å². The highest BCUT2D eigenvalue weighted by Gasteiger charge is 2.46. The first kappa shape index (κ1) is 20.9. The van der Waals surface area contributed by atoms with Gasteiger partial charge in [0.2, 0.25) is 5.91 Å². The van der Waals surface area contributed by atoms with Crippen LogP contribution < -0.4 is 10.6 Å². The molecule has 4 rings (SSSR count). The van der Waals surface area contributed by atoms with Crippen molar-refractivity contribution in [2.75, 3.05) is 6.61 Å². The summed E-state index contributed by atoms with van der Waals surface area (Å²) < 4.78 is 5.49. The van der Waals surface area contributed by atoms with E-state index in [-0.39, 0.29) is 12.5 Å². The van der Waals surface area contributed by atoms with Crippen LogP contribution in [0, 0.1) is 0 Å². The quantitative estimate of drug-likeness (QED) is 0.634. The minimum absolute atomic E-state index is 0.0719. The van der Waals surface area contributed by atoms with E-state index in [0.29, 0.717) is 19.3 Å². The molecule has 1 fully saturated rings. The summed E-state index contributed by atoms with van der Waals surface area (Å²) in [4.78, 5) is 36.5. The van der Waals surface area contributed by atoms with Gasteiger partial charge in [0.1, 0.15) is 18.2 Å². The van der Waals surface area contributed by atoms with Crippen molar-refractivity contribution in [2.24, 2.45) is 0 Å². The number of aliphatic carboxylic acids is 1. The number of carboxylic acids is 1. The summed E-state index contributed by atoms with van der Waals surface area (Å²) in [5.41, 5.74) is 3.27. The smallest absolute Gasteiger partial charge is 0.407 e. The largest absolute Gasteiger partial charge is 0.480 e. The normalized spacial score (nSPS) is 16.9. The highest BCUT2D eigenvalue weighted by molar-refractivity contribution is 5.91. The Morgan fingerprint density at radius 2 is 1.65 bits per heavy atom. The predicted molar refractivity (Wildman–Crippen MR) is 115 cm³/mol. The van der Waals surface area contributed by atoms with Gasteiger partial charge in [0.15, 0.2) is 0 Å². The van der Waals surface area contributed by atoms with Crippen LogP contribution in [0.5, 0.6) is 0 Å². The third-order valence-corrected chi connectivity index (χ3v) is 6.34. The molecule has 7 nitrogen and oxygen atoms in total. The lowest BCUT2D eigenvalue weighted by Gasteiger charge is -2.39. The number of amides is 2. The molecular weight excluding hydrogens is 396 g/mol. The lowest BCUT2D eigenvalue weighted by Crippen LogP contribution is -2.62. The van der Waals surface area contributed by atoms with Gasteiger partial charge in [-0.25, -0.2) is 9.59 Å². The highest BCUT2D eigenvalue weighted by Crippen LogP contribution is 2.44. The maximum absolute atomic E-state index is 12.6. The number of carbonyl (C=O) groups excluding carboxylic acids is 2. The number of hydrogen-bond acceptors (Lipinski definition) is 4. The van der Waals surface area contributed by atoms with Crippen LogP contribution in [-0.2, 0) is 14.3 Å². The van der Waals surface area contributed by atoms with Crippen LogP contribution in [0.4, 0.5) is 4.79 Å². The van der Waals surface area contributed by atoms with Crippen LogP contribution in [0.3, 0.4) is 0 Å². The molecule has 0 aromatic heterocycles. The molecular formula is C24H26N2O5. The summed E-state index contributed by atoms with van der Waals surface area (Å²) in [5.74, 6) is -1.61. The van der Waals surface area contributed by atoms with Gasteiger partial charge in [0.25, 0.3) is 0 Å². The molecule has 2 amide bonds. The first-order valence-corrected chi connectivity index (χ1v) is 10.6. The van der Waals surface area contributed by atoms with Gasteiger partial charge in [-0.15, -0.1) is 0 Å². The fraction of sp³-hybridized carbons (Fsp3) is 0.375. The standard InChI is InChI=1S/C24H26N2O5/c1-2-20(21(27)26-24(22(28)29)12-7-13-24)25-23(30)31-14-19-17-10-5-3-8-15(17)16-9-4-6-11-18(16)19/h3-6,8-11,19-20H,2,7,12-14H2,1H3,(H,25,30)(H,26,27)(H,28,29). The summed E-state index contributed by atoms with van der Waals surface area (Å²) in [5, 5.41) is 14.6.